The summed E-state index contributed by atoms with van der Waals surface area (Å²) in [4.78, 5) is 4.61. The Morgan fingerprint density at radius 2 is 2.10 bits per heavy atom. The van der Waals surface area contributed by atoms with Gasteiger partial charge in [-0.3, -0.25) is 0 Å². The van der Waals surface area contributed by atoms with Crippen molar-refractivity contribution in [2.45, 2.75) is 10.1 Å². The van der Waals surface area contributed by atoms with Crippen LogP contribution in [0.25, 0.3) is 10.2 Å². The zero-order valence-corrected chi connectivity index (χ0v) is 12.6. The number of thioether (sulfide) groups is 1. The smallest absolute Gasteiger partial charge is 0.151 e. The van der Waals surface area contributed by atoms with Crippen molar-refractivity contribution in [3.63, 3.8) is 0 Å². The molecule has 0 aliphatic rings. The quantitative estimate of drug-likeness (QED) is 0.580. The molecule has 2 aromatic carbocycles. The lowest BCUT2D eigenvalue weighted by Gasteiger charge is -2.05. The predicted molar refractivity (Wildman–Crippen MR) is 86.6 cm³/mol. The lowest BCUT2D eigenvalue weighted by atomic mass is 10.2. The summed E-state index contributed by atoms with van der Waals surface area (Å²) in [6, 6.07) is 14.0. The molecule has 102 valence electrons. The van der Waals surface area contributed by atoms with Crippen molar-refractivity contribution >= 4 is 39.0 Å². The minimum atomic E-state index is 0.726. The maximum Gasteiger partial charge on any atom is 0.151 e. The van der Waals surface area contributed by atoms with E-state index in [-0.39, 0.29) is 0 Å². The summed E-state index contributed by atoms with van der Waals surface area (Å²) < 4.78 is 7.53. The highest BCUT2D eigenvalue weighted by Crippen LogP contribution is 2.32. The Hall–Kier alpha value is -1.72. The predicted octanol–water partition coefficient (Wildman–Crippen LogP) is 4.18. The molecule has 1 aromatic heterocycles. The Labute approximate surface area is 125 Å². The molecular weight excluding hydrogens is 288 g/mol. The molecule has 0 aliphatic carbocycles. The third-order valence-corrected chi connectivity index (χ3v) is 5.11. The molecule has 20 heavy (non-hydrogen) atoms. The van der Waals surface area contributed by atoms with Crippen molar-refractivity contribution in [3.05, 3.63) is 48.0 Å². The summed E-state index contributed by atoms with van der Waals surface area (Å²) in [6.07, 6.45) is 0. The molecule has 0 radical (unpaired) electrons. The zero-order valence-electron chi connectivity index (χ0n) is 11.0. The Kier molecular flexibility index (Phi) is 3.80. The van der Waals surface area contributed by atoms with E-state index in [9.17, 15) is 0 Å². The highest BCUT2D eigenvalue weighted by molar-refractivity contribution is 8.00. The number of aromatic nitrogens is 1. The molecule has 0 spiro atoms. The summed E-state index contributed by atoms with van der Waals surface area (Å²) in [7, 11) is 1.65. The van der Waals surface area contributed by atoms with Crippen LogP contribution < -0.4 is 10.5 Å². The fourth-order valence-corrected chi connectivity index (χ4v) is 3.94. The average molecular weight is 302 g/mol. The number of anilines is 1. The number of benzene rings is 2. The highest BCUT2D eigenvalue weighted by atomic mass is 32.2. The molecule has 3 rings (SSSR count). The van der Waals surface area contributed by atoms with E-state index in [1.54, 1.807) is 30.2 Å². The zero-order chi connectivity index (χ0) is 13.9. The summed E-state index contributed by atoms with van der Waals surface area (Å²) in [5, 5.41) is 0. The lowest BCUT2D eigenvalue weighted by molar-refractivity contribution is 0.414. The second kappa shape index (κ2) is 5.73. The first-order valence-corrected chi connectivity index (χ1v) is 7.96. The number of fused-ring (bicyclic) bond motifs is 1. The van der Waals surface area contributed by atoms with Gasteiger partial charge in [-0.1, -0.05) is 23.9 Å². The number of nitrogens with zero attached hydrogens (tertiary/aromatic N) is 1. The van der Waals surface area contributed by atoms with Crippen LogP contribution >= 0.6 is 23.1 Å². The fraction of sp³-hybridized carbons (Fsp3) is 0.133. The Morgan fingerprint density at radius 1 is 1.25 bits per heavy atom. The molecule has 1 heterocycles. The standard InChI is InChI=1S/C15H14N2OS2/c1-18-12-7-10(6-11(16)8-12)9-19-15-17-13-4-2-3-5-14(13)20-15/h2-8H,9,16H2,1H3. The molecule has 0 fully saturated rings. The Bertz CT molecular complexity index is 707. The van der Waals surface area contributed by atoms with Crippen molar-refractivity contribution in [3.8, 4) is 5.75 Å². The number of para-hydroxylation sites is 1. The average Bonchev–Trinajstić information content (AvgIpc) is 2.87. The van der Waals surface area contributed by atoms with Gasteiger partial charge in [-0.25, -0.2) is 4.98 Å². The van der Waals surface area contributed by atoms with Gasteiger partial charge in [0.1, 0.15) is 5.75 Å². The maximum atomic E-state index is 5.86. The number of nitrogen functional groups attached to an aromatic ring is 1. The van der Waals surface area contributed by atoms with Gasteiger partial charge in [0.2, 0.25) is 0 Å². The number of hydrogen-bond donors (Lipinski definition) is 1. The summed E-state index contributed by atoms with van der Waals surface area (Å²) in [5.74, 6) is 1.63. The molecule has 0 atom stereocenters. The van der Waals surface area contributed by atoms with Crippen LogP contribution in [0.2, 0.25) is 0 Å². The van der Waals surface area contributed by atoms with Gasteiger partial charge in [-0.15, -0.1) is 11.3 Å². The van der Waals surface area contributed by atoms with Gasteiger partial charge in [-0.2, -0.15) is 0 Å². The molecule has 0 amide bonds. The van der Waals surface area contributed by atoms with Crippen molar-refractivity contribution < 1.29 is 4.74 Å². The van der Waals surface area contributed by atoms with Gasteiger partial charge in [0.05, 0.1) is 17.3 Å². The molecule has 2 N–H and O–H groups in total. The molecule has 0 saturated carbocycles. The molecule has 0 unspecified atom stereocenters. The highest BCUT2D eigenvalue weighted by Gasteiger charge is 2.05. The molecule has 0 aliphatic heterocycles. The van der Waals surface area contributed by atoms with Gasteiger partial charge in [-0.05, 0) is 29.8 Å². The Balaban J connectivity index is 1.77. The van der Waals surface area contributed by atoms with E-state index >= 15 is 0 Å². The molecule has 3 aromatic rings. The van der Waals surface area contributed by atoms with Crippen molar-refractivity contribution in [1.82, 2.24) is 4.98 Å². The molecule has 3 nitrogen and oxygen atoms in total. The SMILES string of the molecule is COc1cc(N)cc(CSc2nc3ccccc3s2)c1. The van der Waals surface area contributed by atoms with Gasteiger partial charge in [0, 0.05) is 17.5 Å². The number of ether oxygens (including phenoxy) is 1. The van der Waals surface area contributed by atoms with E-state index in [4.69, 9.17) is 10.5 Å². The second-order valence-corrected chi connectivity index (χ2v) is 6.60. The van der Waals surface area contributed by atoms with Gasteiger partial charge in [0.15, 0.2) is 4.34 Å². The third kappa shape index (κ3) is 2.89. The molecular formula is C15H14N2OS2. The van der Waals surface area contributed by atoms with Crippen molar-refractivity contribution in [2.24, 2.45) is 0 Å². The summed E-state index contributed by atoms with van der Waals surface area (Å²) in [5.41, 5.74) is 8.79. The molecule has 5 heteroatoms. The lowest BCUT2D eigenvalue weighted by Crippen LogP contribution is -1.91. The summed E-state index contributed by atoms with van der Waals surface area (Å²) in [6.45, 7) is 0. The van der Waals surface area contributed by atoms with Crippen molar-refractivity contribution in [2.75, 3.05) is 12.8 Å². The van der Waals surface area contributed by atoms with Crippen molar-refractivity contribution in [1.29, 1.82) is 0 Å². The Morgan fingerprint density at radius 3 is 2.90 bits per heavy atom. The first-order valence-electron chi connectivity index (χ1n) is 6.16. The number of methoxy groups -OCH3 is 1. The largest absolute Gasteiger partial charge is 0.497 e. The second-order valence-electron chi connectivity index (χ2n) is 4.35. The fourth-order valence-electron chi connectivity index (χ4n) is 1.95. The van der Waals surface area contributed by atoms with E-state index < -0.39 is 0 Å². The van der Waals surface area contributed by atoms with Crippen LogP contribution in [0.3, 0.4) is 0 Å². The number of hydrogen-bond acceptors (Lipinski definition) is 5. The van der Waals surface area contributed by atoms with Crippen LogP contribution in [0.15, 0.2) is 46.8 Å². The van der Waals surface area contributed by atoms with Gasteiger partial charge < -0.3 is 10.5 Å². The summed E-state index contributed by atoms with van der Waals surface area (Å²) >= 11 is 3.44. The molecule has 0 saturated heterocycles. The molecule has 0 bridgehead atoms. The van der Waals surface area contributed by atoms with Crippen LogP contribution in [-0.2, 0) is 5.75 Å². The van der Waals surface area contributed by atoms with E-state index in [0.717, 1.165) is 32.6 Å². The number of nitrogens with two attached hydrogens (primary N) is 1. The van der Waals surface area contributed by atoms with Gasteiger partial charge >= 0.3 is 0 Å². The van der Waals surface area contributed by atoms with Crippen LogP contribution in [0.1, 0.15) is 5.56 Å². The number of thiazole rings is 1. The normalized spacial score (nSPS) is 10.8. The van der Waals surface area contributed by atoms with Crippen LogP contribution in [-0.4, -0.2) is 12.1 Å². The van der Waals surface area contributed by atoms with Gasteiger partial charge in [0.25, 0.3) is 0 Å². The van der Waals surface area contributed by atoms with Crippen LogP contribution in [0.4, 0.5) is 5.69 Å². The van der Waals surface area contributed by atoms with E-state index in [1.165, 1.54) is 4.70 Å². The van der Waals surface area contributed by atoms with E-state index in [2.05, 4.69) is 11.1 Å². The minimum Gasteiger partial charge on any atom is -0.497 e. The van der Waals surface area contributed by atoms with Crippen LogP contribution in [0, 0.1) is 0 Å². The van der Waals surface area contributed by atoms with E-state index in [1.807, 2.05) is 36.4 Å². The third-order valence-electron chi connectivity index (χ3n) is 2.86. The maximum absolute atomic E-state index is 5.86. The monoisotopic (exact) mass is 302 g/mol. The first-order chi connectivity index (χ1) is 9.74. The minimum absolute atomic E-state index is 0.726. The number of rotatable bonds is 4. The van der Waals surface area contributed by atoms with Crippen LogP contribution in [0.5, 0.6) is 5.75 Å². The first kappa shape index (κ1) is 13.3. The topological polar surface area (TPSA) is 48.1 Å². The van der Waals surface area contributed by atoms with E-state index in [0.29, 0.717) is 0 Å².